The summed E-state index contributed by atoms with van der Waals surface area (Å²) in [4.78, 5) is 22.0. The van der Waals surface area contributed by atoms with Gasteiger partial charge in [-0.1, -0.05) is 0 Å². The molecule has 0 bridgehead atoms. The molecule has 0 fully saturated rings. The summed E-state index contributed by atoms with van der Waals surface area (Å²) in [6.07, 6.45) is 0. The zero-order valence-corrected chi connectivity index (χ0v) is 11.1. The van der Waals surface area contributed by atoms with Crippen LogP contribution >= 0.6 is 0 Å². The first kappa shape index (κ1) is 14.7. The highest BCUT2D eigenvalue weighted by Crippen LogP contribution is 2.29. The second kappa shape index (κ2) is 6.58. The number of nitro benzene ring substituents is 1. The summed E-state index contributed by atoms with van der Waals surface area (Å²) >= 11 is 0. The van der Waals surface area contributed by atoms with E-state index in [-0.39, 0.29) is 17.3 Å². The maximum absolute atomic E-state index is 11.6. The molecule has 19 heavy (non-hydrogen) atoms. The second-order valence-corrected chi connectivity index (χ2v) is 3.90. The number of rotatable bonds is 6. The summed E-state index contributed by atoms with van der Waals surface area (Å²) in [5, 5.41) is 16.4. The molecule has 1 unspecified atom stereocenters. The van der Waals surface area contributed by atoms with Crippen LogP contribution in [0.15, 0.2) is 18.2 Å². The van der Waals surface area contributed by atoms with E-state index < -0.39 is 11.0 Å². The molecule has 1 atom stereocenters. The number of carbonyl (C=O) groups excluding carboxylic acids is 1. The topological polar surface area (TPSA) is 93.5 Å². The Kier molecular flexibility index (Phi) is 5.11. The minimum absolute atomic E-state index is 0.129. The van der Waals surface area contributed by atoms with Crippen molar-refractivity contribution in [1.82, 2.24) is 5.32 Å². The van der Waals surface area contributed by atoms with Crippen molar-refractivity contribution in [3.63, 3.8) is 0 Å². The SMILES string of the molecule is CCNC(=O)C(C)Nc1ccc(OC)cc1[N+](=O)[O-]. The average Bonchev–Trinajstić information content (AvgIpc) is 2.39. The summed E-state index contributed by atoms with van der Waals surface area (Å²) in [5.74, 6) is 0.176. The van der Waals surface area contributed by atoms with E-state index in [4.69, 9.17) is 4.74 Å². The fraction of sp³-hybridized carbons (Fsp3) is 0.417. The molecular formula is C12H17N3O4. The van der Waals surface area contributed by atoms with Crippen LogP contribution in [0.4, 0.5) is 11.4 Å². The molecule has 1 aromatic carbocycles. The van der Waals surface area contributed by atoms with Crippen molar-refractivity contribution in [1.29, 1.82) is 0 Å². The van der Waals surface area contributed by atoms with Gasteiger partial charge in [0.15, 0.2) is 0 Å². The predicted molar refractivity (Wildman–Crippen MR) is 71.4 cm³/mol. The van der Waals surface area contributed by atoms with Crippen LogP contribution in [0.3, 0.4) is 0 Å². The molecule has 0 aliphatic heterocycles. The molecule has 0 aliphatic rings. The lowest BCUT2D eigenvalue weighted by molar-refractivity contribution is -0.384. The highest BCUT2D eigenvalue weighted by molar-refractivity contribution is 5.85. The van der Waals surface area contributed by atoms with Crippen LogP contribution < -0.4 is 15.4 Å². The number of benzene rings is 1. The van der Waals surface area contributed by atoms with Crippen LogP contribution in [0.5, 0.6) is 5.75 Å². The third kappa shape index (κ3) is 3.84. The highest BCUT2D eigenvalue weighted by atomic mass is 16.6. The number of nitrogens with one attached hydrogen (secondary N) is 2. The van der Waals surface area contributed by atoms with Crippen molar-refractivity contribution < 1.29 is 14.5 Å². The lowest BCUT2D eigenvalue weighted by Crippen LogP contribution is -2.37. The highest BCUT2D eigenvalue weighted by Gasteiger charge is 2.19. The number of likely N-dealkylation sites (N-methyl/N-ethyl adjacent to an activating group) is 1. The second-order valence-electron chi connectivity index (χ2n) is 3.90. The molecule has 0 aromatic heterocycles. The van der Waals surface area contributed by atoms with Crippen LogP contribution in [-0.2, 0) is 4.79 Å². The van der Waals surface area contributed by atoms with Gasteiger partial charge in [0.05, 0.1) is 18.1 Å². The zero-order chi connectivity index (χ0) is 14.4. The molecule has 0 spiro atoms. The Morgan fingerprint density at radius 2 is 2.21 bits per heavy atom. The molecular weight excluding hydrogens is 250 g/mol. The Bertz CT molecular complexity index is 476. The number of carbonyl (C=O) groups is 1. The van der Waals surface area contributed by atoms with Crippen LogP contribution in [0.25, 0.3) is 0 Å². The standard InChI is InChI=1S/C12H17N3O4/c1-4-13-12(16)8(2)14-10-6-5-9(19-3)7-11(10)15(17)18/h5-8,14H,4H2,1-3H3,(H,13,16). The van der Waals surface area contributed by atoms with E-state index in [2.05, 4.69) is 10.6 Å². The van der Waals surface area contributed by atoms with Crippen LogP contribution in [0, 0.1) is 10.1 Å². The molecule has 0 heterocycles. The van der Waals surface area contributed by atoms with E-state index in [1.807, 2.05) is 0 Å². The van der Waals surface area contributed by atoms with E-state index in [1.165, 1.54) is 19.2 Å². The molecule has 0 aliphatic carbocycles. The third-order valence-corrected chi connectivity index (χ3v) is 2.52. The minimum atomic E-state index is -0.563. The van der Waals surface area contributed by atoms with Crippen molar-refractivity contribution in [3.8, 4) is 5.75 Å². The van der Waals surface area contributed by atoms with Gasteiger partial charge in [0, 0.05) is 6.54 Å². The number of methoxy groups -OCH3 is 1. The van der Waals surface area contributed by atoms with Crippen molar-refractivity contribution in [2.24, 2.45) is 0 Å². The first-order chi connectivity index (χ1) is 8.99. The molecule has 7 heteroatoms. The number of nitrogens with zero attached hydrogens (tertiary/aromatic N) is 1. The molecule has 1 aromatic rings. The zero-order valence-electron chi connectivity index (χ0n) is 11.1. The number of hydrogen-bond acceptors (Lipinski definition) is 5. The van der Waals surface area contributed by atoms with Gasteiger partial charge < -0.3 is 15.4 Å². The Hall–Kier alpha value is -2.31. The molecule has 2 N–H and O–H groups in total. The number of ether oxygens (including phenoxy) is 1. The van der Waals surface area contributed by atoms with Crippen molar-refractivity contribution in [3.05, 3.63) is 28.3 Å². The van der Waals surface area contributed by atoms with Gasteiger partial charge >= 0.3 is 0 Å². The summed E-state index contributed by atoms with van der Waals surface area (Å²) < 4.78 is 4.94. The first-order valence-electron chi connectivity index (χ1n) is 5.86. The Morgan fingerprint density at radius 3 is 2.74 bits per heavy atom. The molecule has 1 amide bonds. The largest absolute Gasteiger partial charge is 0.496 e. The normalized spacial score (nSPS) is 11.5. The Labute approximate surface area is 111 Å². The van der Waals surface area contributed by atoms with Gasteiger partial charge in [-0.25, -0.2) is 0 Å². The minimum Gasteiger partial charge on any atom is -0.496 e. The summed E-state index contributed by atoms with van der Waals surface area (Å²) in [6, 6.07) is 3.87. The van der Waals surface area contributed by atoms with Crippen LogP contribution in [-0.4, -0.2) is 30.5 Å². The smallest absolute Gasteiger partial charge is 0.296 e. The number of nitro groups is 1. The van der Waals surface area contributed by atoms with E-state index in [9.17, 15) is 14.9 Å². The van der Waals surface area contributed by atoms with Crippen molar-refractivity contribution in [2.75, 3.05) is 19.0 Å². The fourth-order valence-corrected chi connectivity index (χ4v) is 1.54. The van der Waals surface area contributed by atoms with Crippen LogP contribution in [0.2, 0.25) is 0 Å². The first-order valence-corrected chi connectivity index (χ1v) is 5.86. The van der Waals surface area contributed by atoms with Gasteiger partial charge in [-0.15, -0.1) is 0 Å². The maximum Gasteiger partial charge on any atom is 0.296 e. The molecule has 1 rings (SSSR count). The van der Waals surface area contributed by atoms with Crippen molar-refractivity contribution in [2.45, 2.75) is 19.9 Å². The fourth-order valence-electron chi connectivity index (χ4n) is 1.54. The maximum atomic E-state index is 11.6. The lowest BCUT2D eigenvalue weighted by atomic mass is 10.2. The van der Waals surface area contributed by atoms with Gasteiger partial charge in [0.25, 0.3) is 5.69 Å². The number of amides is 1. The summed E-state index contributed by atoms with van der Waals surface area (Å²) in [6.45, 7) is 3.95. The van der Waals surface area contributed by atoms with Gasteiger partial charge in [0.1, 0.15) is 17.5 Å². The molecule has 0 radical (unpaired) electrons. The van der Waals surface area contributed by atoms with E-state index >= 15 is 0 Å². The van der Waals surface area contributed by atoms with Gasteiger partial charge in [0.2, 0.25) is 5.91 Å². The molecule has 7 nitrogen and oxygen atoms in total. The Balaban J connectivity index is 2.94. The van der Waals surface area contributed by atoms with Crippen molar-refractivity contribution >= 4 is 17.3 Å². The predicted octanol–water partition coefficient (Wildman–Crippen LogP) is 1.54. The van der Waals surface area contributed by atoms with E-state index in [0.29, 0.717) is 12.3 Å². The van der Waals surface area contributed by atoms with E-state index in [1.54, 1.807) is 19.9 Å². The van der Waals surface area contributed by atoms with E-state index in [0.717, 1.165) is 0 Å². The van der Waals surface area contributed by atoms with Gasteiger partial charge in [-0.3, -0.25) is 14.9 Å². The van der Waals surface area contributed by atoms with Gasteiger partial charge in [-0.05, 0) is 26.0 Å². The lowest BCUT2D eigenvalue weighted by Gasteiger charge is -2.15. The summed E-state index contributed by atoms with van der Waals surface area (Å²) in [5.41, 5.74) is 0.153. The summed E-state index contributed by atoms with van der Waals surface area (Å²) in [7, 11) is 1.43. The number of hydrogen-bond donors (Lipinski definition) is 2. The van der Waals surface area contributed by atoms with Gasteiger partial charge in [-0.2, -0.15) is 0 Å². The molecule has 104 valence electrons. The monoisotopic (exact) mass is 267 g/mol. The molecule has 0 saturated heterocycles. The number of anilines is 1. The average molecular weight is 267 g/mol. The quantitative estimate of drug-likeness (QED) is 0.602. The molecule has 0 saturated carbocycles. The third-order valence-electron chi connectivity index (χ3n) is 2.52. The van der Waals surface area contributed by atoms with Crippen LogP contribution in [0.1, 0.15) is 13.8 Å². The Morgan fingerprint density at radius 1 is 1.53 bits per heavy atom.